The molecule has 0 rings (SSSR count). The standard InChI is InChI=1S/C16H35NO/c1-9-12-17-13(10-11-15(2,3)4)14(18-8)16(5,6)7/h13-14,17H,9-12H2,1-8H3. The van der Waals surface area contributed by atoms with E-state index < -0.39 is 0 Å². The Kier molecular flexibility index (Phi) is 7.46. The van der Waals surface area contributed by atoms with Crippen molar-refractivity contribution in [2.24, 2.45) is 10.8 Å². The zero-order valence-electron chi connectivity index (χ0n) is 13.9. The van der Waals surface area contributed by atoms with Crippen molar-refractivity contribution in [1.29, 1.82) is 0 Å². The van der Waals surface area contributed by atoms with Gasteiger partial charge in [-0.15, -0.1) is 0 Å². The molecule has 0 aromatic rings. The van der Waals surface area contributed by atoms with Crippen LogP contribution in [0.1, 0.15) is 67.7 Å². The smallest absolute Gasteiger partial charge is 0.0772 e. The SMILES string of the molecule is CCCNC(CCC(C)(C)C)C(OC)C(C)(C)C. The van der Waals surface area contributed by atoms with Crippen LogP contribution < -0.4 is 5.32 Å². The van der Waals surface area contributed by atoms with E-state index in [0.29, 0.717) is 11.5 Å². The molecule has 0 aliphatic rings. The lowest BCUT2D eigenvalue weighted by Gasteiger charge is -2.37. The first kappa shape index (κ1) is 17.9. The van der Waals surface area contributed by atoms with E-state index in [1.54, 1.807) is 0 Å². The molecule has 0 saturated heterocycles. The molecule has 0 amide bonds. The molecule has 110 valence electrons. The van der Waals surface area contributed by atoms with E-state index in [4.69, 9.17) is 4.74 Å². The van der Waals surface area contributed by atoms with Crippen molar-refractivity contribution in [1.82, 2.24) is 5.32 Å². The maximum Gasteiger partial charge on any atom is 0.0772 e. The van der Waals surface area contributed by atoms with E-state index in [9.17, 15) is 0 Å². The van der Waals surface area contributed by atoms with Crippen molar-refractivity contribution in [3.8, 4) is 0 Å². The maximum atomic E-state index is 5.78. The Labute approximate surface area is 115 Å². The molecule has 0 fully saturated rings. The van der Waals surface area contributed by atoms with E-state index in [0.717, 1.165) is 6.54 Å². The second-order valence-corrected chi connectivity index (χ2v) is 7.68. The second-order valence-electron chi connectivity index (χ2n) is 7.68. The van der Waals surface area contributed by atoms with E-state index >= 15 is 0 Å². The van der Waals surface area contributed by atoms with Crippen molar-refractivity contribution in [2.75, 3.05) is 13.7 Å². The fraction of sp³-hybridized carbons (Fsp3) is 1.00. The molecule has 0 saturated carbocycles. The van der Waals surface area contributed by atoms with Crippen LogP contribution in [0.25, 0.3) is 0 Å². The van der Waals surface area contributed by atoms with Crippen LogP contribution in [-0.4, -0.2) is 25.8 Å². The van der Waals surface area contributed by atoms with Gasteiger partial charge in [0.05, 0.1) is 6.10 Å². The van der Waals surface area contributed by atoms with Crippen molar-refractivity contribution in [3.05, 3.63) is 0 Å². The van der Waals surface area contributed by atoms with Gasteiger partial charge in [-0.1, -0.05) is 48.5 Å². The van der Waals surface area contributed by atoms with Crippen LogP contribution in [0.3, 0.4) is 0 Å². The molecule has 0 spiro atoms. The average molecular weight is 257 g/mol. The Balaban J connectivity index is 4.63. The zero-order chi connectivity index (χ0) is 14.4. The van der Waals surface area contributed by atoms with Crippen LogP contribution in [0.5, 0.6) is 0 Å². The molecule has 18 heavy (non-hydrogen) atoms. The van der Waals surface area contributed by atoms with Crippen LogP contribution in [-0.2, 0) is 4.74 Å². The topological polar surface area (TPSA) is 21.3 Å². The largest absolute Gasteiger partial charge is 0.379 e. The van der Waals surface area contributed by atoms with Crippen molar-refractivity contribution >= 4 is 0 Å². The highest BCUT2D eigenvalue weighted by molar-refractivity contribution is 4.87. The molecule has 2 atom stereocenters. The lowest BCUT2D eigenvalue weighted by atomic mass is 9.80. The number of hydrogen-bond acceptors (Lipinski definition) is 2. The van der Waals surface area contributed by atoms with Crippen molar-refractivity contribution in [3.63, 3.8) is 0 Å². The number of hydrogen-bond donors (Lipinski definition) is 1. The molecule has 0 radical (unpaired) electrons. The van der Waals surface area contributed by atoms with Gasteiger partial charge in [0.1, 0.15) is 0 Å². The van der Waals surface area contributed by atoms with Gasteiger partial charge in [-0.25, -0.2) is 0 Å². The van der Waals surface area contributed by atoms with Gasteiger partial charge in [0, 0.05) is 13.2 Å². The van der Waals surface area contributed by atoms with Crippen molar-refractivity contribution in [2.45, 2.75) is 79.9 Å². The van der Waals surface area contributed by atoms with Gasteiger partial charge in [0.2, 0.25) is 0 Å². The summed E-state index contributed by atoms with van der Waals surface area (Å²) in [5.74, 6) is 0. The molecular weight excluding hydrogens is 222 g/mol. The molecule has 0 aliphatic carbocycles. The fourth-order valence-electron chi connectivity index (χ4n) is 2.40. The minimum absolute atomic E-state index is 0.179. The monoisotopic (exact) mass is 257 g/mol. The van der Waals surface area contributed by atoms with Crippen LogP contribution >= 0.6 is 0 Å². The predicted octanol–water partition coefficient (Wildman–Crippen LogP) is 4.24. The van der Waals surface area contributed by atoms with E-state index in [-0.39, 0.29) is 11.5 Å². The summed E-state index contributed by atoms with van der Waals surface area (Å²) in [6.45, 7) is 17.0. The quantitative estimate of drug-likeness (QED) is 0.736. The van der Waals surface area contributed by atoms with E-state index in [1.807, 2.05) is 7.11 Å². The first-order chi connectivity index (χ1) is 8.11. The highest BCUT2D eigenvalue weighted by atomic mass is 16.5. The minimum atomic E-state index is 0.179. The molecule has 0 bridgehead atoms. The Bertz CT molecular complexity index is 212. The molecule has 1 N–H and O–H groups in total. The minimum Gasteiger partial charge on any atom is -0.379 e. The Hall–Kier alpha value is -0.0800. The zero-order valence-corrected chi connectivity index (χ0v) is 13.9. The summed E-state index contributed by atoms with van der Waals surface area (Å²) in [4.78, 5) is 0. The summed E-state index contributed by atoms with van der Waals surface area (Å²) < 4.78 is 5.78. The molecule has 0 heterocycles. The lowest BCUT2D eigenvalue weighted by Crippen LogP contribution is -2.48. The van der Waals surface area contributed by atoms with Gasteiger partial charge in [-0.05, 0) is 36.6 Å². The third-order valence-corrected chi connectivity index (χ3v) is 3.33. The predicted molar refractivity (Wildman–Crippen MR) is 81.0 cm³/mol. The summed E-state index contributed by atoms with van der Waals surface area (Å²) in [6.07, 6.45) is 3.85. The maximum absolute atomic E-state index is 5.78. The number of nitrogens with one attached hydrogen (secondary N) is 1. The van der Waals surface area contributed by atoms with Crippen molar-refractivity contribution < 1.29 is 4.74 Å². The molecule has 2 heteroatoms. The van der Waals surface area contributed by atoms with Crippen LogP contribution in [0.15, 0.2) is 0 Å². The fourth-order valence-corrected chi connectivity index (χ4v) is 2.40. The highest BCUT2D eigenvalue weighted by Crippen LogP contribution is 2.29. The van der Waals surface area contributed by atoms with E-state index in [1.165, 1.54) is 19.3 Å². The summed E-state index contributed by atoms with van der Waals surface area (Å²) in [7, 11) is 1.84. The van der Waals surface area contributed by atoms with Gasteiger partial charge >= 0.3 is 0 Å². The van der Waals surface area contributed by atoms with E-state index in [2.05, 4.69) is 53.8 Å². The number of ether oxygens (including phenoxy) is 1. The summed E-state index contributed by atoms with van der Waals surface area (Å²) in [5.41, 5.74) is 0.570. The first-order valence-corrected chi connectivity index (χ1v) is 7.38. The summed E-state index contributed by atoms with van der Waals surface area (Å²) in [5, 5.41) is 3.67. The van der Waals surface area contributed by atoms with Gasteiger partial charge in [0.15, 0.2) is 0 Å². The lowest BCUT2D eigenvalue weighted by molar-refractivity contribution is -0.0153. The summed E-state index contributed by atoms with van der Waals surface area (Å²) in [6, 6.07) is 0.453. The Morgan fingerprint density at radius 1 is 1.06 bits per heavy atom. The van der Waals surface area contributed by atoms with Gasteiger partial charge in [0.25, 0.3) is 0 Å². The van der Waals surface area contributed by atoms with Crippen LogP contribution in [0.4, 0.5) is 0 Å². The summed E-state index contributed by atoms with van der Waals surface area (Å²) >= 11 is 0. The molecular formula is C16H35NO. The van der Waals surface area contributed by atoms with Gasteiger partial charge in [-0.3, -0.25) is 0 Å². The molecule has 0 aromatic carbocycles. The third kappa shape index (κ3) is 7.38. The highest BCUT2D eigenvalue weighted by Gasteiger charge is 2.32. The average Bonchev–Trinajstić information content (AvgIpc) is 2.19. The molecule has 2 nitrogen and oxygen atoms in total. The number of methoxy groups -OCH3 is 1. The normalized spacial score (nSPS) is 16.7. The molecule has 0 aromatic heterocycles. The molecule has 0 aliphatic heterocycles. The third-order valence-electron chi connectivity index (χ3n) is 3.33. The second kappa shape index (κ2) is 7.49. The molecule has 2 unspecified atom stereocenters. The van der Waals surface area contributed by atoms with Crippen LogP contribution in [0.2, 0.25) is 0 Å². The van der Waals surface area contributed by atoms with Gasteiger partial charge < -0.3 is 10.1 Å². The van der Waals surface area contributed by atoms with Gasteiger partial charge in [-0.2, -0.15) is 0 Å². The number of rotatable bonds is 7. The first-order valence-electron chi connectivity index (χ1n) is 7.38. The van der Waals surface area contributed by atoms with Crippen LogP contribution in [0, 0.1) is 10.8 Å². The Morgan fingerprint density at radius 3 is 1.94 bits per heavy atom. The Morgan fingerprint density at radius 2 is 1.61 bits per heavy atom.